The molecular weight excluding hydrogens is 361 g/mol. The summed E-state index contributed by atoms with van der Waals surface area (Å²) in [5, 5.41) is 11.1. The Kier molecular flexibility index (Phi) is 4.68. The summed E-state index contributed by atoms with van der Waals surface area (Å²) in [6, 6.07) is 10.1. The number of halogens is 2. The van der Waals surface area contributed by atoms with E-state index >= 15 is 0 Å². The number of anilines is 4. The lowest BCUT2D eigenvalue weighted by Crippen LogP contribution is -2.14. The zero-order valence-corrected chi connectivity index (χ0v) is 14.3. The van der Waals surface area contributed by atoms with Gasteiger partial charge in [-0.3, -0.25) is 15.0 Å². The summed E-state index contributed by atoms with van der Waals surface area (Å²) in [6.07, 6.45) is 1.27. The summed E-state index contributed by atoms with van der Waals surface area (Å²) in [5.74, 6) is 0.00778. The molecule has 0 aliphatic carbocycles. The van der Waals surface area contributed by atoms with E-state index in [0.29, 0.717) is 17.2 Å². The normalized spacial score (nSPS) is 10.6. The van der Waals surface area contributed by atoms with E-state index in [1.807, 2.05) is 0 Å². The fraction of sp³-hybridized carbons (Fsp3) is 0.0588. The molecule has 0 bridgehead atoms. The lowest BCUT2D eigenvalue weighted by atomic mass is 10.1. The maximum atomic E-state index is 13.6. The van der Waals surface area contributed by atoms with Gasteiger partial charge >= 0.3 is 0 Å². The second-order valence-corrected chi connectivity index (χ2v) is 5.87. The second kappa shape index (κ2) is 6.93. The fourth-order valence-corrected chi connectivity index (χ4v) is 2.63. The van der Waals surface area contributed by atoms with Gasteiger partial charge in [0.1, 0.15) is 23.8 Å². The highest BCUT2D eigenvalue weighted by atomic mass is 35.5. The molecule has 0 saturated carbocycles. The second-order valence-electron chi connectivity index (χ2n) is 5.46. The maximum absolute atomic E-state index is 13.6. The van der Waals surface area contributed by atoms with Crippen LogP contribution in [0, 0.1) is 22.9 Å². The molecule has 132 valence electrons. The number of aryl methyl sites for hydroxylation is 1. The molecule has 1 heterocycles. The Balaban J connectivity index is 2.26. The number of benzene rings is 2. The van der Waals surface area contributed by atoms with Crippen molar-refractivity contribution in [2.45, 2.75) is 6.92 Å². The summed E-state index contributed by atoms with van der Waals surface area (Å²) >= 11 is 5.92. The number of nitrogens with zero attached hydrogens (tertiary/aromatic N) is 4. The SMILES string of the molecule is Cc1ccc([N+](=O)[O-])cc1N(c1ccc(F)c(Cl)c1)c1cc(N)ncn1. The van der Waals surface area contributed by atoms with Crippen LogP contribution in [-0.2, 0) is 0 Å². The highest BCUT2D eigenvalue weighted by Crippen LogP contribution is 2.38. The van der Waals surface area contributed by atoms with Crippen LogP contribution in [0.5, 0.6) is 0 Å². The van der Waals surface area contributed by atoms with Crippen LogP contribution in [0.25, 0.3) is 0 Å². The third-order valence-corrected chi connectivity index (χ3v) is 4.00. The van der Waals surface area contributed by atoms with Crippen molar-refractivity contribution in [3.8, 4) is 0 Å². The summed E-state index contributed by atoms with van der Waals surface area (Å²) < 4.78 is 13.6. The van der Waals surface area contributed by atoms with E-state index in [9.17, 15) is 14.5 Å². The molecule has 0 atom stereocenters. The van der Waals surface area contributed by atoms with E-state index in [-0.39, 0.29) is 16.5 Å². The Morgan fingerprint density at radius 1 is 1.19 bits per heavy atom. The summed E-state index contributed by atoms with van der Waals surface area (Å²) in [6.45, 7) is 1.79. The minimum atomic E-state index is -0.576. The van der Waals surface area contributed by atoms with Gasteiger partial charge in [0.25, 0.3) is 5.69 Å². The molecule has 26 heavy (non-hydrogen) atoms. The molecular formula is C17H13ClFN5O2. The molecule has 0 unspecified atom stereocenters. The Morgan fingerprint density at radius 3 is 2.62 bits per heavy atom. The number of rotatable bonds is 4. The van der Waals surface area contributed by atoms with Crippen molar-refractivity contribution in [1.29, 1.82) is 0 Å². The van der Waals surface area contributed by atoms with Gasteiger partial charge in [-0.05, 0) is 30.7 Å². The quantitative estimate of drug-likeness (QED) is 0.532. The predicted octanol–water partition coefficient (Wildman–Crippen LogP) is 4.54. The molecule has 0 radical (unpaired) electrons. The van der Waals surface area contributed by atoms with E-state index in [4.69, 9.17) is 17.3 Å². The van der Waals surface area contributed by atoms with Crippen molar-refractivity contribution < 1.29 is 9.31 Å². The molecule has 0 spiro atoms. The number of non-ortho nitro benzene ring substituents is 1. The largest absolute Gasteiger partial charge is 0.384 e. The van der Waals surface area contributed by atoms with Crippen molar-refractivity contribution in [2.24, 2.45) is 0 Å². The highest BCUT2D eigenvalue weighted by Gasteiger charge is 2.20. The molecule has 7 nitrogen and oxygen atoms in total. The first kappa shape index (κ1) is 17.6. The van der Waals surface area contributed by atoms with Gasteiger partial charge in [0.15, 0.2) is 0 Å². The molecule has 0 amide bonds. The molecule has 3 rings (SSSR count). The maximum Gasteiger partial charge on any atom is 0.271 e. The number of nitrogens with two attached hydrogens (primary N) is 1. The number of hydrogen-bond donors (Lipinski definition) is 1. The number of nitro groups is 1. The topological polar surface area (TPSA) is 98.2 Å². The monoisotopic (exact) mass is 373 g/mol. The highest BCUT2D eigenvalue weighted by molar-refractivity contribution is 6.31. The summed E-state index contributed by atoms with van der Waals surface area (Å²) in [4.78, 5) is 20.3. The average molecular weight is 374 g/mol. The van der Waals surface area contributed by atoms with Gasteiger partial charge in [-0.2, -0.15) is 0 Å². The number of aromatic nitrogens is 2. The zero-order valence-electron chi connectivity index (χ0n) is 13.6. The van der Waals surface area contributed by atoms with Gasteiger partial charge in [-0.1, -0.05) is 17.7 Å². The first-order valence-electron chi connectivity index (χ1n) is 7.44. The van der Waals surface area contributed by atoms with E-state index in [1.54, 1.807) is 17.9 Å². The van der Waals surface area contributed by atoms with E-state index in [0.717, 1.165) is 5.56 Å². The number of nitro benzene ring substituents is 1. The van der Waals surface area contributed by atoms with E-state index in [2.05, 4.69) is 9.97 Å². The Bertz CT molecular complexity index is 999. The van der Waals surface area contributed by atoms with Crippen molar-refractivity contribution in [1.82, 2.24) is 9.97 Å². The van der Waals surface area contributed by atoms with Crippen LogP contribution in [0.4, 0.5) is 33.1 Å². The van der Waals surface area contributed by atoms with Crippen molar-refractivity contribution >= 4 is 40.3 Å². The van der Waals surface area contributed by atoms with Gasteiger partial charge in [0, 0.05) is 23.9 Å². The lowest BCUT2D eigenvalue weighted by molar-refractivity contribution is -0.384. The molecule has 0 aliphatic heterocycles. The van der Waals surface area contributed by atoms with E-state index < -0.39 is 10.7 Å². The predicted molar refractivity (Wildman–Crippen MR) is 97.5 cm³/mol. The first-order valence-corrected chi connectivity index (χ1v) is 7.82. The third kappa shape index (κ3) is 3.40. The van der Waals surface area contributed by atoms with Crippen molar-refractivity contribution in [2.75, 3.05) is 10.6 Å². The minimum absolute atomic E-state index is 0.0855. The minimum Gasteiger partial charge on any atom is -0.384 e. The van der Waals surface area contributed by atoms with Crippen LogP contribution in [-0.4, -0.2) is 14.9 Å². The Hall–Kier alpha value is -3.26. The smallest absolute Gasteiger partial charge is 0.271 e. The molecule has 0 fully saturated rings. The van der Waals surface area contributed by atoms with Gasteiger partial charge in [-0.15, -0.1) is 0 Å². The van der Waals surface area contributed by atoms with Gasteiger partial charge < -0.3 is 5.73 Å². The Morgan fingerprint density at radius 2 is 1.96 bits per heavy atom. The van der Waals surface area contributed by atoms with Gasteiger partial charge in [-0.25, -0.2) is 14.4 Å². The van der Waals surface area contributed by atoms with Crippen molar-refractivity contribution in [3.63, 3.8) is 0 Å². The van der Waals surface area contributed by atoms with Crippen molar-refractivity contribution in [3.05, 3.63) is 75.3 Å². The van der Waals surface area contributed by atoms with Crippen LogP contribution < -0.4 is 10.6 Å². The van der Waals surface area contributed by atoms with E-state index in [1.165, 1.54) is 42.7 Å². The average Bonchev–Trinajstić information content (AvgIpc) is 2.60. The fourth-order valence-electron chi connectivity index (χ4n) is 2.45. The number of hydrogen-bond acceptors (Lipinski definition) is 6. The summed E-state index contributed by atoms with van der Waals surface area (Å²) in [5.41, 5.74) is 7.36. The Labute approximate surface area is 153 Å². The van der Waals surface area contributed by atoms with Crippen LogP contribution in [0.15, 0.2) is 48.8 Å². The molecule has 9 heteroatoms. The van der Waals surface area contributed by atoms with Crippen LogP contribution in [0.2, 0.25) is 5.02 Å². The lowest BCUT2D eigenvalue weighted by Gasteiger charge is -2.25. The zero-order chi connectivity index (χ0) is 18.8. The molecule has 2 aromatic carbocycles. The molecule has 2 N–H and O–H groups in total. The van der Waals surface area contributed by atoms with Gasteiger partial charge in [0.2, 0.25) is 0 Å². The molecule has 3 aromatic rings. The standard InChI is InChI=1S/C17H13ClFN5O2/c1-10-2-3-12(24(25)26)7-15(10)23(17-8-16(20)21-9-22-17)11-4-5-14(19)13(18)6-11/h2-9H,1H3,(H2,20,21,22). The van der Waals surface area contributed by atoms with Crippen LogP contribution >= 0.6 is 11.6 Å². The van der Waals surface area contributed by atoms with Gasteiger partial charge in [0.05, 0.1) is 15.6 Å². The van der Waals surface area contributed by atoms with Crippen LogP contribution in [0.3, 0.4) is 0 Å². The third-order valence-electron chi connectivity index (χ3n) is 3.71. The summed E-state index contributed by atoms with van der Waals surface area (Å²) in [7, 11) is 0. The molecule has 1 aromatic heterocycles. The molecule has 0 saturated heterocycles. The number of nitrogen functional groups attached to an aromatic ring is 1. The first-order chi connectivity index (χ1) is 12.4. The molecule has 0 aliphatic rings. The van der Waals surface area contributed by atoms with Crippen LogP contribution in [0.1, 0.15) is 5.56 Å².